The van der Waals surface area contributed by atoms with E-state index < -0.39 is 0 Å². The summed E-state index contributed by atoms with van der Waals surface area (Å²) in [6, 6.07) is 11.4. The van der Waals surface area contributed by atoms with Gasteiger partial charge in [-0.05, 0) is 37.1 Å². The average Bonchev–Trinajstić information content (AvgIpc) is 3.18. The van der Waals surface area contributed by atoms with Crippen LogP contribution in [0.15, 0.2) is 53.8 Å². The third-order valence-corrected chi connectivity index (χ3v) is 4.79. The lowest BCUT2D eigenvalue weighted by Gasteiger charge is -2.09. The van der Waals surface area contributed by atoms with Crippen molar-refractivity contribution in [2.45, 2.75) is 26.2 Å². The van der Waals surface area contributed by atoms with E-state index in [4.69, 9.17) is 4.74 Å². The van der Waals surface area contributed by atoms with E-state index in [1.54, 1.807) is 18.5 Å². The van der Waals surface area contributed by atoms with Gasteiger partial charge in [-0.2, -0.15) is 0 Å². The lowest BCUT2D eigenvalue weighted by atomic mass is 10.1. The van der Waals surface area contributed by atoms with E-state index in [2.05, 4.69) is 33.3 Å². The topological polar surface area (TPSA) is 79.4 Å². The Morgan fingerprint density at radius 1 is 1.28 bits per heavy atom. The molecular formula is C23H24N4O2. The minimum Gasteiger partial charge on any atom is -0.494 e. The number of pyridine rings is 1. The number of ether oxygens (including phenoxy) is 1. The molecule has 29 heavy (non-hydrogen) atoms. The number of hydrogen-bond donors (Lipinski definition) is 2. The maximum atomic E-state index is 12.9. The van der Waals surface area contributed by atoms with Crippen LogP contribution in [-0.2, 0) is 0 Å². The summed E-state index contributed by atoms with van der Waals surface area (Å²) in [6.07, 6.45) is 8.38. The number of unbranched alkanes of at least 4 members (excludes halogenated alkanes) is 1. The average molecular weight is 388 g/mol. The molecular weight excluding hydrogens is 364 g/mol. The number of aromatic nitrogens is 2. The van der Waals surface area contributed by atoms with Gasteiger partial charge in [-0.1, -0.05) is 25.5 Å². The third-order valence-electron chi connectivity index (χ3n) is 4.79. The van der Waals surface area contributed by atoms with Crippen molar-refractivity contribution in [2.75, 3.05) is 18.5 Å². The van der Waals surface area contributed by atoms with Crippen LogP contribution in [0.2, 0.25) is 0 Å². The molecule has 0 fully saturated rings. The number of aromatic amines is 1. The molecule has 6 nitrogen and oxygen atoms in total. The van der Waals surface area contributed by atoms with Gasteiger partial charge in [-0.25, -0.2) is 4.98 Å². The number of ketones is 1. The molecule has 0 atom stereocenters. The number of H-pyrrole nitrogens is 1. The molecule has 0 bridgehead atoms. The van der Waals surface area contributed by atoms with E-state index in [1.807, 2.05) is 30.3 Å². The van der Waals surface area contributed by atoms with Gasteiger partial charge in [0.25, 0.3) is 0 Å². The van der Waals surface area contributed by atoms with E-state index in [-0.39, 0.29) is 5.78 Å². The van der Waals surface area contributed by atoms with Gasteiger partial charge in [-0.15, -0.1) is 0 Å². The number of anilines is 2. The first-order chi connectivity index (χ1) is 14.2. The minimum atomic E-state index is -0.0544. The number of rotatable bonds is 8. The van der Waals surface area contributed by atoms with Crippen molar-refractivity contribution in [3.05, 3.63) is 70.6 Å². The van der Waals surface area contributed by atoms with Crippen LogP contribution in [0.4, 0.5) is 11.5 Å². The maximum Gasteiger partial charge on any atom is 0.196 e. The van der Waals surface area contributed by atoms with E-state index in [9.17, 15) is 4.79 Å². The number of nitrogens with zero attached hydrogens (tertiary/aromatic N) is 2. The summed E-state index contributed by atoms with van der Waals surface area (Å²) >= 11 is 0. The fourth-order valence-corrected chi connectivity index (χ4v) is 3.24. The molecule has 0 radical (unpaired) electrons. The lowest BCUT2D eigenvalue weighted by Crippen LogP contribution is -2.30. The Morgan fingerprint density at radius 3 is 3.03 bits per heavy atom. The van der Waals surface area contributed by atoms with Gasteiger partial charge >= 0.3 is 0 Å². The summed E-state index contributed by atoms with van der Waals surface area (Å²) in [5.74, 6) is 1.44. The van der Waals surface area contributed by atoms with E-state index in [1.165, 1.54) is 0 Å². The van der Waals surface area contributed by atoms with Crippen LogP contribution in [0.1, 0.15) is 42.1 Å². The molecule has 3 aromatic rings. The highest BCUT2D eigenvalue weighted by Gasteiger charge is 2.14. The maximum absolute atomic E-state index is 12.9. The van der Waals surface area contributed by atoms with Crippen LogP contribution in [0.5, 0.6) is 5.75 Å². The number of hydrogen-bond acceptors (Lipinski definition) is 5. The van der Waals surface area contributed by atoms with Gasteiger partial charge in [0.1, 0.15) is 17.1 Å². The summed E-state index contributed by atoms with van der Waals surface area (Å²) in [5, 5.41) is 4.15. The molecule has 1 aromatic carbocycles. The third kappa shape index (κ3) is 4.37. The van der Waals surface area contributed by atoms with Gasteiger partial charge in [-0.3, -0.25) is 9.79 Å². The SMILES string of the molecule is CCCCOc1cccc(Nc2ccc(C(=O)c3c[nH]c4c3=CCCN=4)cn2)c1. The Morgan fingerprint density at radius 2 is 2.21 bits per heavy atom. The number of nitrogens with one attached hydrogen (secondary N) is 2. The first kappa shape index (κ1) is 18.9. The van der Waals surface area contributed by atoms with Gasteiger partial charge in [0.05, 0.1) is 6.61 Å². The van der Waals surface area contributed by atoms with Crippen molar-refractivity contribution >= 4 is 23.4 Å². The van der Waals surface area contributed by atoms with E-state index in [0.717, 1.165) is 48.0 Å². The van der Waals surface area contributed by atoms with Crippen molar-refractivity contribution < 1.29 is 9.53 Å². The van der Waals surface area contributed by atoms with Crippen molar-refractivity contribution in [2.24, 2.45) is 4.99 Å². The summed E-state index contributed by atoms with van der Waals surface area (Å²) in [6.45, 7) is 3.61. The summed E-state index contributed by atoms with van der Waals surface area (Å²) in [5.41, 5.74) is 2.87. The van der Waals surface area contributed by atoms with Crippen molar-refractivity contribution in [3.63, 3.8) is 0 Å². The fraction of sp³-hybridized carbons (Fsp3) is 0.261. The predicted molar refractivity (Wildman–Crippen MR) is 113 cm³/mol. The predicted octanol–water partition coefficient (Wildman–Crippen LogP) is 3.37. The second-order valence-electron chi connectivity index (χ2n) is 6.96. The minimum absolute atomic E-state index is 0.0544. The molecule has 2 aromatic heterocycles. The van der Waals surface area contributed by atoms with Crippen LogP contribution < -0.4 is 20.8 Å². The molecule has 148 valence electrons. The molecule has 0 unspecified atom stereocenters. The lowest BCUT2D eigenvalue weighted by molar-refractivity contribution is 0.103. The molecule has 0 amide bonds. The molecule has 0 spiro atoms. The molecule has 2 N–H and O–H groups in total. The second kappa shape index (κ2) is 8.73. The number of carbonyl (C=O) groups is 1. The quantitative estimate of drug-likeness (QED) is 0.458. The Balaban J connectivity index is 1.47. The zero-order valence-corrected chi connectivity index (χ0v) is 16.4. The van der Waals surface area contributed by atoms with Gasteiger partial charge in [0.15, 0.2) is 5.78 Å². The molecule has 1 aliphatic rings. The second-order valence-corrected chi connectivity index (χ2v) is 6.96. The number of carbonyl (C=O) groups excluding carboxylic acids is 1. The van der Waals surface area contributed by atoms with Crippen LogP contribution in [0.25, 0.3) is 6.08 Å². The Hall–Kier alpha value is -3.41. The first-order valence-electron chi connectivity index (χ1n) is 9.97. The summed E-state index contributed by atoms with van der Waals surface area (Å²) < 4.78 is 5.74. The Labute approximate surface area is 169 Å². The highest BCUT2D eigenvalue weighted by Crippen LogP contribution is 2.21. The molecule has 0 aliphatic carbocycles. The number of benzene rings is 1. The smallest absolute Gasteiger partial charge is 0.196 e. The van der Waals surface area contributed by atoms with Gasteiger partial charge in [0, 0.05) is 47.0 Å². The molecule has 1 aliphatic heterocycles. The largest absolute Gasteiger partial charge is 0.494 e. The first-order valence-corrected chi connectivity index (χ1v) is 9.97. The van der Waals surface area contributed by atoms with Crippen molar-refractivity contribution in [1.29, 1.82) is 0 Å². The Bertz CT molecular complexity index is 1120. The van der Waals surface area contributed by atoms with Crippen LogP contribution in [0.3, 0.4) is 0 Å². The standard InChI is InChI=1S/C23H24N4O2/c1-2-3-12-29-18-7-4-6-17(13-18)27-21-10-9-16(14-25-21)22(28)20-15-26-23-19(20)8-5-11-24-23/h4,6-10,13-15H,2-3,5,11-12H2,1H3,(H,24,26)(H,25,27). The molecule has 6 heteroatoms. The number of fused-ring (bicyclic) bond motifs is 1. The van der Waals surface area contributed by atoms with Crippen LogP contribution in [-0.4, -0.2) is 28.9 Å². The van der Waals surface area contributed by atoms with Gasteiger partial charge in [0.2, 0.25) is 0 Å². The summed E-state index contributed by atoms with van der Waals surface area (Å²) in [4.78, 5) is 24.8. The zero-order valence-electron chi connectivity index (χ0n) is 16.4. The Kier molecular flexibility index (Phi) is 5.70. The zero-order chi connectivity index (χ0) is 20.1. The fourth-order valence-electron chi connectivity index (χ4n) is 3.24. The highest BCUT2D eigenvalue weighted by molar-refractivity contribution is 6.09. The monoisotopic (exact) mass is 388 g/mol. The molecule has 3 heterocycles. The van der Waals surface area contributed by atoms with Crippen molar-refractivity contribution in [3.8, 4) is 5.75 Å². The van der Waals surface area contributed by atoms with Crippen LogP contribution >= 0.6 is 0 Å². The van der Waals surface area contributed by atoms with Gasteiger partial charge < -0.3 is 15.0 Å². The summed E-state index contributed by atoms with van der Waals surface area (Å²) in [7, 11) is 0. The van der Waals surface area contributed by atoms with E-state index in [0.29, 0.717) is 23.6 Å². The molecule has 4 rings (SSSR count). The molecule has 0 saturated carbocycles. The van der Waals surface area contributed by atoms with E-state index >= 15 is 0 Å². The molecule has 0 saturated heterocycles. The van der Waals surface area contributed by atoms with Crippen LogP contribution in [0, 0.1) is 0 Å². The normalized spacial score (nSPS) is 12.4. The van der Waals surface area contributed by atoms with Crippen molar-refractivity contribution in [1.82, 2.24) is 9.97 Å². The highest BCUT2D eigenvalue weighted by atomic mass is 16.5.